The maximum absolute atomic E-state index is 13.4. The molecule has 3 N–H and O–H groups in total. The van der Waals surface area contributed by atoms with Crippen LogP contribution in [0.5, 0.6) is 5.75 Å². The highest BCUT2D eigenvalue weighted by Crippen LogP contribution is 2.34. The monoisotopic (exact) mass is 385 g/mol. The maximum Gasteiger partial charge on any atom is 0.418 e. The van der Waals surface area contributed by atoms with Crippen LogP contribution in [-0.2, 0) is 6.18 Å². The average Bonchev–Trinajstić information content (AvgIpc) is 2.58. The molecule has 2 rings (SSSR count). The second kappa shape index (κ2) is 8.13. The lowest BCUT2D eigenvalue weighted by molar-refractivity contribution is -0.136. The number of aromatic hydroxyl groups is 1. The molecular formula is C17H15F4N3OS. The van der Waals surface area contributed by atoms with Crippen molar-refractivity contribution in [1.29, 1.82) is 0 Å². The Hall–Kier alpha value is -2.68. The molecule has 2 aromatic carbocycles. The molecule has 9 heteroatoms. The first-order valence-corrected chi connectivity index (χ1v) is 7.92. The average molecular weight is 385 g/mol. The number of hydrazone groups is 1. The number of rotatable bonds is 4. The predicted molar refractivity (Wildman–Crippen MR) is 95.7 cm³/mol. The fourth-order valence-electron chi connectivity index (χ4n) is 2.18. The molecule has 0 saturated heterocycles. The summed E-state index contributed by atoms with van der Waals surface area (Å²) in [7, 11) is 0. The molecule has 0 aromatic heterocycles. The van der Waals surface area contributed by atoms with Crippen molar-refractivity contribution in [3.8, 4) is 5.75 Å². The molecule has 0 aliphatic heterocycles. The minimum absolute atomic E-state index is 0.165. The summed E-state index contributed by atoms with van der Waals surface area (Å²) in [6.07, 6.45) is -4.21. The summed E-state index contributed by atoms with van der Waals surface area (Å²) in [5.41, 5.74) is 1.77. The van der Waals surface area contributed by atoms with E-state index in [0.717, 1.165) is 18.2 Å². The molecule has 0 atom stereocenters. The van der Waals surface area contributed by atoms with Gasteiger partial charge in [-0.15, -0.1) is 0 Å². The first-order valence-electron chi connectivity index (χ1n) is 7.51. The molecule has 0 unspecified atom stereocenters. The molecular weight excluding hydrogens is 370 g/mol. The molecule has 0 amide bonds. The van der Waals surface area contributed by atoms with Crippen LogP contribution >= 0.6 is 12.2 Å². The topological polar surface area (TPSA) is 56.7 Å². The molecule has 2 aromatic rings. The Kier molecular flexibility index (Phi) is 6.14. The van der Waals surface area contributed by atoms with E-state index in [1.807, 2.05) is 0 Å². The SMILES string of the molecule is CC/C(=N\NC(=S)Nc1ccccc1C(F)(F)F)c1cc(F)ccc1O. The molecule has 4 nitrogen and oxygen atoms in total. The zero-order chi connectivity index (χ0) is 19.3. The fourth-order valence-corrected chi connectivity index (χ4v) is 2.33. The lowest BCUT2D eigenvalue weighted by atomic mass is 10.1. The highest BCUT2D eigenvalue weighted by Gasteiger charge is 2.33. The number of hydrogen-bond acceptors (Lipinski definition) is 3. The van der Waals surface area contributed by atoms with E-state index in [-0.39, 0.29) is 27.8 Å². The highest BCUT2D eigenvalue weighted by molar-refractivity contribution is 7.80. The molecule has 0 radical (unpaired) electrons. The Bertz CT molecular complexity index is 837. The van der Waals surface area contributed by atoms with Crippen LogP contribution in [0.2, 0.25) is 0 Å². The van der Waals surface area contributed by atoms with E-state index in [1.54, 1.807) is 6.92 Å². The van der Waals surface area contributed by atoms with E-state index in [1.165, 1.54) is 24.3 Å². The number of hydrogen-bond donors (Lipinski definition) is 3. The van der Waals surface area contributed by atoms with Crippen molar-refractivity contribution in [3.63, 3.8) is 0 Å². The second-order valence-electron chi connectivity index (χ2n) is 5.18. The van der Waals surface area contributed by atoms with Crippen LogP contribution < -0.4 is 10.7 Å². The van der Waals surface area contributed by atoms with Crippen molar-refractivity contribution < 1.29 is 22.7 Å². The quantitative estimate of drug-likeness (QED) is 0.310. The zero-order valence-corrected chi connectivity index (χ0v) is 14.4. The molecule has 0 saturated carbocycles. The molecule has 26 heavy (non-hydrogen) atoms. The van der Waals surface area contributed by atoms with Crippen LogP contribution in [0.1, 0.15) is 24.5 Å². The molecule has 0 aliphatic rings. The second-order valence-corrected chi connectivity index (χ2v) is 5.59. The summed E-state index contributed by atoms with van der Waals surface area (Å²) < 4.78 is 52.3. The number of nitrogens with one attached hydrogen (secondary N) is 2. The van der Waals surface area contributed by atoms with Crippen molar-refractivity contribution in [1.82, 2.24) is 5.43 Å². The Morgan fingerprint density at radius 1 is 1.19 bits per heavy atom. The molecule has 0 bridgehead atoms. The Morgan fingerprint density at radius 3 is 2.54 bits per heavy atom. The first kappa shape index (κ1) is 19.6. The summed E-state index contributed by atoms with van der Waals surface area (Å²) in [6, 6.07) is 8.26. The molecule has 138 valence electrons. The van der Waals surface area contributed by atoms with Gasteiger partial charge in [0.1, 0.15) is 11.6 Å². The highest BCUT2D eigenvalue weighted by atomic mass is 32.1. The first-order chi connectivity index (χ1) is 12.2. The summed E-state index contributed by atoms with van der Waals surface area (Å²) in [5, 5.41) is 16.0. The Labute approximate surface area is 152 Å². The van der Waals surface area contributed by atoms with Gasteiger partial charge in [0.2, 0.25) is 0 Å². The van der Waals surface area contributed by atoms with Crippen molar-refractivity contribution in [2.24, 2.45) is 5.10 Å². The smallest absolute Gasteiger partial charge is 0.418 e. The number of thiocarbonyl (C=S) groups is 1. The number of halogens is 4. The summed E-state index contributed by atoms with van der Waals surface area (Å²) in [4.78, 5) is 0. The third-order valence-corrected chi connectivity index (χ3v) is 3.57. The number of nitrogens with zero attached hydrogens (tertiary/aromatic N) is 1. The predicted octanol–water partition coefficient (Wildman–Crippen LogP) is 4.65. The molecule has 0 heterocycles. The van der Waals surface area contributed by atoms with Crippen LogP contribution in [-0.4, -0.2) is 15.9 Å². The van der Waals surface area contributed by atoms with E-state index in [0.29, 0.717) is 6.42 Å². The number of para-hydroxylation sites is 1. The van der Waals surface area contributed by atoms with E-state index < -0.39 is 17.6 Å². The minimum atomic E-state index is -4.54. The van der Waals surface area contributed by atoms with E-state index in [9.17, 15) is 22.7 Å². The van der Waals surface area contributed by atoms with Gasteiger partial charge in [-0.2, -0.15) is 18.3 Å². The molecule has 0 aliphatic carbocycles. The van der Waals surface area contributed by atoms with Crippen LogP contribution in [0.15, 0.2) is 47.6 Å². The van der Waals surface area contributed by atoms with E-state index in [2.05, 4.69) is 15.8 Å². The summed E-state index contributed by atoms with van der Waals surface area (Å²) in [6.45, 7) is 1.72. The van der Waals surface area contributed by atoms with Gasteiger partial charge < -0.3 is 10.4 Å². The van der Waals surface area contributed by atoms with Gasteiger partial charge in [-0.25, -0.2) is 4.39 Å². The number of phenols is 1. The van der Waals surface area contributed by atoms with E-state index >= 15 is 0 Å². The van der Waals surface area contributed by atoms with E-state index in [4.69, 9.17) is 12.2 Å². The lowest BCUT2D eigenvalue weighted by Gasteiger charge is -2.15. The third-order valence-electron chi connectivity index (χ3n) is 3.38. The Balaban J connectivity index is 2.17. The number of alkyl halides is 3. The van der Waals surface area contributed by atoms with Crippen LogP contribution in [0.4, 0.5) is 23.2 Å². The molecule has 0 fully saturated rings. The maximum atomic E-state index is 13.4. The van der Waals surface area contributed by atoms with Gasteiger partial charge in [0.15, 0.2) is 5.11 Å². The lowest BCUT2D eigenvalue weighted by Crippen LogP contribution is -2.26. The molecule has 0 spiro atoms. The third kappa shape index (κ3) is 4.92. The van der Waals surface area contributed by atoms with Gasteiger partial charge in [-0.05, 0) is 49.0 Å². The standard InChI is InChI=1S/C17H15F4N3OS/c1-2-13(11-9-10(18)7-8-15(11)25)23-24-16(26)22-14-6-4-3-5-12(14)17(19,20)21/h3-9,25H,2H2,1H3,(H2,22,24,26)/b23-13+. The number of benzene rings is 2. The summed E-state index contributed by atoms with van der Waals surface area (Å²) in [5.74, 6) is -0.728. The number of phenolic OH excluding ortho intramolecular Hbond substituents is 1. The van der Waals surface area contributed by atoms with Crippen LogP contribution in [0.3, 0.4) is 0 Å². The van der Waals surface area contributed by atoms with Crippen LogP contribution in [0, 0.1) is 5.82 Å². The summed E-state index contributed by atoms with van der Waals surface area (Å²) >= 11 is 4.96. The fraction of sp³-hybridized carbons (Fsp3) is 0.176. The van der Waals surface area contributed by atoms with Gasteiger partial charge in [-0.3, -0.25) is 5.43 Å². The van der Waals surface area contributed by atoms with Crippen molar-refractivity contribution in [2.75, 3.05) is 5.32 Å². The van der Waals surface area contributed by atoms with Gasteiger partial charge in [0, 0.05) is 5.56 Å². The zero-order valence-electron chi connectivity index (χ0n) is 13.6. The minimum Gasteiger partial charge on any atom is -0.507 e. The van der Waals surface area contributed by atoms with Gasteiger partial charge in [0.25, 0.3) is 0 Å². The van der Waals surface area contributed by atoms with Gasteiger partial charge in [0.05, 0.1) is 17.0 Å². The Morgan fingerprint density at radius 2 is 1.88 bits per heavy atom. The van der Waals surface area contributed by atoms with Gasteiger partial charge in [-0.1, -0.05) is 19.1 Å². The van der Waals surface area contributed by atoms with Gasteiger partial charge >= 0.3 is 6.18 Å². The van der Waals surface area contributed by atoms with Crippen molar-refractivity contribution in [2.45, 2.75) is 19.5 Å². The largest absolute Gasteiger partial charge is 0.507 e. The van der Waals surface area contributed by atoms with Crippen molar-refractivity contribution in [3.05, 3.63) is 59.4 Å². The van der Waals surface area contributed by atoms with Crippen molar-refractivity contribution >= 4 is 28.7 Å². The van der Waals surface area contributed by atoms with Crippen LogP contribution in [0.25, 0.3) is 0 Å². The normalized spacial score (nSPS) is 12.0. The number of anilines is 1.